The minimum absolute atomic E-state index is 0.198. The van der Waals surface area contributed by atoms with Gasteiger partial charge in [-0.2, -0.15) is 0 Å². The number of ether oxygens (including phenoxy) is 2. The molecule has 0 heterocycles. The summed E-state index contributed by atoms with van der Waals surface area (Å²) < 4.78 is 23.8. The predicted molar refractivity (Wildman–Crippen MR) is 68.9 cm³/mol. The molecule has 6 heteroatoms. The Balaban J connectivity index is 2.52. The van der Waals surface area contributed by atoms with Crippen LogP contribution in [0.3, 0.4) is 0 Å². The first kappa shape index (κ1) is 15.3. The fraction of sp³-hybridized carbons (Fsp3) is 0.500. The minimum Gasteiger partial charge on any atom is -0.382 e. The molecule has 4 nitrogen and oxygen atoms in total. The van der Waals surface area contributed by atoms with Crippen molar-refractivity contribution in [3.63, 3.8) is 0 Å². The highest BCUT2D eigenvalue weighted by atomic mass is 35.5. The summed E-state index contributed by atoms with van der Waals surface area (Å²) in [6.07, 6.45) is 0.370. The summed E-state index contributed by atoms with van der Waals surface area (Å²) in [5.41, 5.74) is 3.03. The quantitative estimate of drug-likeness (QED) is 0.429. The molecule has 1 aromatic rings. The van der Waals surface area contributed by atoms with Crippen LogP contribution in [0.25, 0.3) is 0 Å². The lowest BCUT2D eigenvalue weighted by Crippen LogP contribution is -2.40. The van der Waals surface area contributed by atoms with E-state index >= 15 is 0 Å². The maximum atomic E-state index is 13.6. The molecule has 0 radical (unpaired) electrons. The molecule has 0 saturated heterocycles. The number of nitrogens with two attached hydrogens (primary N) is 1. The predicted octanol–water partition coefficient (Wildman–Crippen LogP) is 1.52. The van der Waals surface area contributed by atoms with Gasteiger partial charge >= 0.3 is 0 Å². The van der Waals surface area contributed by atoms with Crippen molar-refractivity contribution in [2.75, 3.05) is 26.9 Å². The van der Waals surface area contributed by atoms with Crippen LogP contribution in [0.4, 0.5) is 4.39 Å². The molecule has 0 aromatic heterocycles. The number of hydrazine groups is 1. The molecule has 0 amide bonds. The van der Waals surface area contributed by atoms with E-state index in [4.69, 9.17) is 26.9 Å². The second-order valence-corrected chi connectivity index (χ2v) is 4.24. The van der Waals surface area contributed by atoms with Crippen LogP contribution in [0, 0.1) is 5.82 Å². The van der Waals surface area contributed by atoms with Gasteiger partial charge in [0.1, 0.15) is 5.82 Å². The molecule has 0 fully saturated rings. The summed E-state index contributed by atoms with van der Waals surface area (Å²) in [4.78, 5) is 0. The molecular weight excluding hydrogens is 259 g/mol. The van der Waals surface area contributed by atoms with Crippen molar-refractivity contribution in [1.29, 1.82) is 0 Å². The van der Waals surface area contributed by atoms with Crippen LogP contribution >= 0.6 is 11.6 Å². The summed E-state index contributed by atoms with van der Waals surface area (Å²) in [5, 5.41) is 0.396. The average Bonchev–Trinajstić information content (AvgIpc) is 2.36. The van der Waals surface area contributed by atoms with Crippen molar-refractivity contribution in [2.45, 2.75) is 12.5 Å². The van der Waals surface area contributed by atoms with E-state index in [0.29, 0.717) is 36.8 Å². The number of methoxy groups -OCH3 is 1. The third-order valence-electron chi connectivity index (χ3n) is 2.50. The van der Waals surface area contributed by atoms with Gasteiger partial charge in [0.2, 0.25) is 0 Å². The van der Waals surface area contributed by atoms with Crippen molar-refractivity contribution in [3.8, 4) is 0 Å². The minimum atomic E-state index is -0.334. The van der Waals surface area contributed by atoms with Crippen LogP contribution in [-0.2, 0) is 15.9 Å². The Bertz CT molecular complexity index is 346. The monoisotopic (exact) mass is 276 g/mol. The normalized spacial score (nSPS) is 12.7. The summed E-state index contributed by atoms with van der Waals surface area (Å²) in [6, 6.07) is 4.40. The molecule has 102 valence electrons. The lowest BCUT2D eigenvalue weighted by atomic mass is 10.1. The molecule has 0 saturated carbocycles. The molecule has 1 unspecified atom stereocenters. The van der Waals surface area contributed by atoms with E-state index in [2.05, 4.69) is 5.43 Å². The van der Waals surface area contributed by atoms with Gasteiger partial charge in [-0.15, -0.1) is 0 Å². The summed E-state index contributed by atoms with van der Waals surface area (Å²) >= 11 is 5.94. The summed E-state index contributed by atoms with van der Waals surface area (Å²) in [6.45, 7) is 1.35. The number of hydrogen-bond acceptors (Lipinski definition) is 4. The Kier molecular flexibility index (Phi) is 7.15. The van der Waals surface area contributed by atoms with Crippen molar-refractivity contribution in [3.05, 3.63) is 34.6 Å². The lowest BCUT2D eigenvalue weighted by Gasteiger charge is -2.17. The number of halogens is 2. The molecule has 0 bridgehead atoms. The highest BCUT2D eigenvalue weighted by molar-refractivity contribution is 6.31. The first-order chi connectivity index (χ1) is 8.69. The van der Waals surface area contributed by atoms with Gasteiger partial charge in [-0.3, -0.25) is 11.3 Å². The summed E-state index contributed by atoms with van der Waals surface area (Å²) in [5.74, 6) is 5.08. The van der Waals surface area contributed by atoms with Crippen LogP contribution in [-0.4, -0.2) is 33.0 Å². The molecule has 1 aromatic carbocycles. The van der Waals surface area contributed by atoms with Gasteiger partial charge in [-0.1, -0.05) is 17.7 Å². The molecule has 18 heavy (non-hydrogen) atoms. The van der Waals surface area contributed by atoms with E-state index in [1.165, 1.54) is 6.07 Å². The highest BCUT2D eigenvalue weighted by Gasteiger charge is 2.14. The van der Waals surface area contributed by atoms with Gasteiger partial charge < -0.3 is 9.47 Å². The van der Waals surface area contributed by atoms with Crippen LogP contribution in [0.1, 0.15) is 5.56 Å². The molecule has 1 atom stereocenters. The van der Waals surface area contributed by atoms with Crippen molar-refractivity contribution < 1.29 is 13.9 Å². The van der Waals surface area contributed by atoms with Gasteiger partial charge in [0.25, 0.3) is 0 Å². The molecule has 0 aliphatic heterocycles. The van der Waals surface area contributed by atoms with Gasteiger partial charge in [0.15, 0.2) is 0 Å². The van der Waals surface area contributed by atoms with Gasteiger partial charge in [-0.25, -0.2) is 4.39 Å². The van der Waals surface area contributed by atoms with Crippen LogP contribution in [0.5, 0.6) is 0 Å². The highest BCUT2D eigenvalue weighted by Crippen LogP contribution is 2.20. The number of hydrogen-bond donors (Lipinski definition) is 2. The smallest absolute Gasteiger partial charge is 0.127 e. The SMILES string of the molecule is COCCOCC(Cc1c(F)cccc1Cl)NN. The zero-order valence-electron chi connectivity index (χ0n) is 10.3. The Morgan fingerprint density at radius 3 is 2.83 bits per heavy atom. The number of benzene rings is 1. The van der Waals surface area contributed by atoms with Crippen LogP contribution < -0.4 is 11.3 Å². The molecular formula is C12H18ClFN2O2. The first-order valence-electron chi connectivity index (χ1n) is 5.64. The van der Waals surface area contributed by atoms with Crippen LogP contribution in [0.2, 0.25) is 5.02 Å². The Morgan fingerprint density at radius 1 is 1.44 bits per heavy atom. The largest absolute Gasteiger partial charge is 0.382 e. The Morgan fingerprint density at radius 2 is 2.22 bits per heavy atom. The molecule has 3 N–H and O–H groups in total. The number of nitrogens with one attached hydrogen (secondary N) is 1. The molecule has 0 aliphatic carbocycles. The molecule has 0 spiro atoms. The van der Waals surface area contributed by atoms with E-state index in [0.717, 1.165) is 0 Å². The van der Waals surface area contributed by atoms with Gasteiger partial charge in [0, 0.05) is 23.7 Å². The van der Waals surface area contributed by atoms with Gasteiger partial charge in [0.05, 0.1) is 19.8 Å². The van der Waals surface area contributed by atoms with E-state index < -0.39 is 0 Å². The van der Waals surface area contributed by atoms with E-state index in [1.807, 2.05) is 0 Å². The van der Waals surface area contributed by atoms with E-state index in [1.54, 1.807) is 19.2 Å². The average molecular weight is 277 g/mol. The standard InChI is InChI=1S/C12H18ClFN2O2/c1-17-5-6-18-8-9(16-15)7-10-11(13)3-2-4-12(10)14/h2-4,9,16H,5-8,15H2,1H3. The zero-order chi connectivity index (χ0) is 13.4. The van der Waals surface area contributed by atoms with E-state index in [9.17, 15) is 4.39 Å². The lowest BCUT2D eigenvalue weighted by molar-refractivity contribution is 0.0586. The number of rotatable bonds is 8. The molecule has 1 rings (SSSR count). The third-order valence-corrected chi connectivity index (χ3v) is 2.85. The van der Waals surface area contributed by atoms with Crippen molar-refractivity contribution in [1.82, 2.24) is 5.43 Å². The second-order valence-electron chi connectivity index (χ2n) is 3.84. The van der Waals surface area contributed by atoms with Crippen molar-refractivity contribution >= 4 is 11.6 Å². The van der Waals surface area contributed by atoms with Gasteiger partial charge in [-0.05, 0) is 18.6 Å². The topological polar surface area (TPSA) is 56.5 Å². The maximum Gasteiger partial charge on any atom is 0.127 e. The first-order valence-corrected chi connectivity index (χ1v) is 6.02. The van der Waals surface area contributed by atoms with E-state index in [-0.39, 0.29) is 11.9 Å². The maximum absolute atomic E-state index is 13.6. The van der Waals surface area contributed by atoms with Crippen LogP contribution in [0.15, 0.2) is 18.2 Å². The zero-order valence-corrected chi connectivity index (χ0v) is 11.0. The summed E-state index contributed by atoms with van der Waals surface area (Å²) in [7, 11) is 1.60. The third kappa shape index (κ3) is 4.88. The van der Waals surface area contributed by atoms with Crippen molar-refractivity contribution in [2.24, 2.45) is 5.84 Å². The fourth-order valence-corrected chi connectivity index (χ4v) is 1.75. The Hall–Kier alpha value is -0.720. The second kappa shape index (κ2) is 8.39. The molecule has 0 aliphatic rings. The fourth-order valence-electron chi connectivity index (χ4n) is 1.51. The Labute approximate surface area is 111 Å².